The van der Waals surface area contributed by atoms with E-state index in [4.69, 9.17) is 16.3 Å². The monoisotopic (exact) mass is 320 g/mol. The second-order valence-corrected chi connectivity index (χ2v) is 6.45. The van der Waals surface area contributed by atoms with E-state index < -0.39 is 10.0 Å². The zero-order valence-corrected chi connectivity index (χ0v) is 13.1. The summed E-state index contributed by atoms with van der Waals surface area (Å²) in [6, 6.07) is 4.70. The third-order valence-electron chi connectivity index (χ3n) is 2.51. The summed E-state index contributed by atoms with van der Waals surface area (Å²) in [5.74, 6) is 0.247. The molecule has 0 radical (unpaired) electrons. The second kappa shape index (κ2) is 6.81. The molecule has 1 aromatic carbocycles. The van der Waals surface area contributed by atoms with Crippen molar-refractivity contribution in [1.82, 2.24) is 5.32 Å². The first-order valence-electron chi connectivity index (χ1n) is 5.81. The van der Waals surface area contributed by atoms with Crippen LogP contribution in [-0.2, 0) is 14.8 Å². The molecule has 1 amide bonds. The van der Waals surface area contributed by atoms with E-state index in [1.54, 1.807) is 12.1 Å². The van der Waals surface area contributed by atoms with Crippen LogP contribution in [-0.4, -0.2) is 40.8 Å². The number of carbonyl (C=O) groups excluding carboxylic acids is 1. The minimum Gasteiger partial charge on any atom is -0.495 e. The van der Waals surface area contributed by atoms with E-state index in [0.29, 0.717) is 16.5 Å². The summed E-state index contributed by atoms with van der Waals surface area (Å²) in [7, 11) is -1.99. The summed E-state index contributed by atoms with van der Waals surface area (Å²) in [5, 5.41) is 2.87. The van der Waals surface area contributed by atoms with Gasteiger partial charge >= 0.3 is 0 Å². The number of nitrogens with zero attached hydrogens (tertiary/aromatic N) is 1. The maximum absolute atomic E-state index is 11.8. The smallest absolute Gasteiger partial charge is 0.232 e. The number of methoxy groups -OCH3 is 1. The van der Waals surface area contributed by atoms with Gasteiger partial charge in [-0.15, -0.1) is 0 Å². The highest BCUT2D eigenvalue weighted by atomic mass is 35.5. The molecule has 6 nitrogen and oxygen atoms in total. The van der Waals surface area contributed by atoms with Gasteiger partial charge in [-0.1, -0.05) is 11.6 Å². The molecule has 0 aliphatic heterocycles. The van der Waals surface area contributed by atoms with Crippen molar-refractivity contribution in [2.75, 3.05) is 30.8 Å². The first-order valence-corrected chi connectivity index (χ1v) is 8.04. The molecule has 0 saturated heterocycles. The fraction of sp³-hybridized carbons (Fsp3) is 0.417. The van der Waals surface area contributed by atoms with Gasteiger partial charge in [0.25, 0.3) is 0 Å². The summed E-state index contributed by atoms with van der Waals surface area (Å²) >= 11 is 5.99. The van der Waals surface area contributed by atoms with Gasteiger partial charge in [-0.2, -0.15) is 0 Å². The molecule has 20 heavy (non-hydrogen) atoms. The average Bonchev–Trinajstić information content (AvgIpc) is 2.32. The lowest BCUT2D eigenvalue weighted by molar-refractivity contribution is -0.118. The first kappa shape index (κ1) is 16.6. The van der Waals surface area contributed by atoms with Crippen LogP contribution in [0.1, 0.15) is 6.92 Å². The quantitative estimate of drug-likeness (QED) is 0.856. The number of ether oxygens (including phenoxy) is 1. The molecule has 1 aromatic rings. The predicted molar refractivity (Wildman–Crippen MR) is 78.9 cm³/mol. The van der Waals surface area contributed by atoms with E-state index >= 15 is 0 Å². The summed E-state index contributed by atoms with van der Waals surface area (Å²) in [4.78, 5) is 10.8. The Hall–Kier alpha value is -1.47. The van der Waals surface area contributed by atoms with Crippen LogP contribution in [0.15, 0.2) is 18.2 Å². The lowest BCUT2D eigenvalue weighted by Gasteiger charge is -2.23. The molecule has 1 N–H and O–H groups in total. The maximum Gasteiger partial charge on any atom is 0.232 e. The lowest BCUT2D eigenvalue weighted by atomic mass is 10.3. The molecule has 1 rings (SSSR count). The number of hydrogen-bond acceptors (Lipinski definition) is 4. The third-order valence-corrected chi connectivity index (χ3v) is 4.00. The van der Waals surface area contributed by atoms with E-state index in [0.717, 1.165) is 6.26 Å². The molecular weight excluding hydrogens is 304 g/mol. The zero-order chi connectivity index (χ0) is 15.3. The zero-order valence-electron chi connectivity index (χ0n) is 11.5. The van der Waals surface area contributed by atoms with Gasteiger partial charge in [0, 0.05) is 13.5 Å². The van der Waals surface area contributed by atoms with Crippen LogP contribution in [0, 0.1) is 0 Å². The van der Waals surface area contributed by atoms with E-state index in [2.05, 4.69) is 5.32 Å². The molecule has 8 heteroatoms. The van der Waals surface area contributed by atoms with Crippen molar-refractivity contribution in [3.8, 4) is 5.75 Å². The molecule has 0 spiro atoms. The van der Waals surface area contributed by atoms with Crippen molar-refractivity contribution in [2.24, 2.45) is 0 Å². The number of nitrogens with one attached hydrogen (secondary N) is 1. The first-order chi connectivity index (χ1) is 9.25. The van der Waals surface area contributed by atoms with Crippen LogP contribution in [0.3, 0.4) is 0 Å². The number of halogens is 1. The highest BCUT2D eigenvalue weighted by molar-refractivity contribution is 7.92. The summed E-state index contributed by atoms with van der Waals surface area (Å²) < 4.78 is 29.8. The fourth-order valence-electron chi connectivity index (χ4n) is 1.63. The largest absolute Gasteiger partial charge is 0.495 e. The fourth-order valence-corrected chi connectivity index (χ4v) is 2.80. The Morgan fingerprint density at radius 1 is 1.45 bits per heavy atom. The third kappa shape index (κ3) is 4.57. The number of anilines is 1. The number of carbonyl (C=O) groups is 1. The minimum absolute atomic E-state index is 0.126. The number of benzene rings is 1. The van der Waals surface area contributed by atoms with Crippen molar-refractivity contribution in [3.63, 3.8) is 0 Å². The second-order valence-electron chi connectivity index (χ2n) is 4.14. The van der Waals surface area contributed by atoms with E-state index in [-0.39, 0.29) is 19.0 Å². The van der Waals surface area contributed by atoms with Gasteiger partial charge in [0.2, 0.25) is 15.9 Å². The van der Waals surface area contributed by atoms with Crippen LogP contribution < -0.4 is 14.4 Å². The van der Waals surface area contributed by atoms with Crippen LogP contribution in [0.25, 0.3) is 0 Å². The van der Waals surface area contributed by atoms with Gasteiger partial charge in [0.15, 0.2) is 0 Å². The van der Waals surface area contributed by atoms with Crippen LogP contribution >= 0.6 is 11.6 Å². The van der Waals surface area contributed by atoms with Crippen LogP contribution in [0.5, 0.6) is 5.75 Å². The Kier molecular flexibility index (Phi) is 5.64. The molecule has 0 bridgehead atoms. The molecule has 112 valence electrons. The van der Waals surface area contributed by atoms with Gasteiger partial charge in [-0.3, -0.25) is 9.10 Å². The molecule has 0 aliphatic carbocycles. The molecule has 0 unspecified atom stereocenters. The Morgan fingerprint density at radius 3 is 2.55 bits per heavy atom. The number of sulfonamides is 1. The van der Waals surface area contributed by atoms with E-state index in [1.165, 1.54) is 24.4 Å². The Balaban J connectivity index is 3.00. The molecule has 0 aromatic heterocycles. The predicted octanol–water partition coefficient (Wildman–Crippen LogP) is 1.25. The van der Waals surface area contributed by atoms with Crippen molar-refractivity contribution in [3.05, 3.63) is 23.2 Å². The van der Waals surface area contributed by atoms with Crippen molar-refractivity contribution in [1.29, 1.82) is 0 Å². The Bertz CT molecular complexity index is 589. The van der Waals surface area contributed by atoms with Gasteiger partial charge in [-0.25, -0.2) is 8.42 Å². The molecule has 0 fully saturated rings. The molecule has 0 saturated carbocycles. The number of amides is 1. The highest BCUT2D eigenvalue weighted by Gasteiger charge is 2.18. The average molecular weight is 321 g/mol. The molecule has 0 aliphatic rings. The number of rotatable bonds is 6. The van der Waals surface area contributed by atoms with E-state index in [9.17, 15) is 13.2 Å². The summed E-state index contributed by atoms with van der Waals surface area (Å²) in [5.41, 5.74) is 0.420. The topological polar surface area (TPSA) is 75.7 Å². The summed E-state index contributed by atoms with van der Waals surface area (Å²) in [6.07, 6.45) is 1.10. The molecule has 0 heterocycles. The lowest BCUT2D eigenvalue weighted by Crippen LogP contribution is -2.37. The van der Waals surface area contributed by atoms with Crippen LogP contribution in [0.2, 0.25) is 5.02 Å². The van der Waals surface area contributed by atoms with Crippen molar-refractivity contribution >= 4 is 33.2 Å². The molecule has 0 atom stereocenters. The highest BCUT2D eigenvalue weighted by Crippen LogP contribution is 2.29. The molecular formula is C12H17ClN2O4S. The van der Waals surface area contributed by atoms with Gasteiger partial charge in [0.1, 0.15) is 5.75 Å². The van der Waals surface area contributed by atoms with E-state index in [1.807, 2.05) is 0 Å². The Morgan fingerprint density at radius 2 is 2.10 bits per heavy atom. The standard InChI is InChI=1S/C12H17ClN2O4S/c1-9(16)14-6-7-15(20(3,17)18)10-4-5-12(19-2)11(13)8-10/h4-5,8H,6-7H2,1-3H3,(H,14,16). The normalized spacial score (nSPS) is 11.0. The van der Waals surface area contributed by atoms with Crippen molar-refractivity contribution < 1.29 is 17.9 Å². The van der Waals surface area contributed by atoms with Gasteiger partial charge in [-0.05, 0) is 18.2 Å². The van der Waals surface area contributed by atoms with Crippen LogP contribution in [0.4, 0.5) is 5.69 Å². The minimum atomic E-state index is -3.47. The Labute approximate surface area is 123 Å². The maximum atomic E-state index is 11.8. The SMILES string of the molecule is COc1ccc(N(CCNC(C)=O)S(C)(=O)=O)cc1Cl. The van der Waals surface area contributed by atoms with Gasteiger partial charge < -0.3 is 10.1 Å². The van der Waals surface area contributed by atoms with Gasteiger partial charge in [0.05, 0.1) is 30.6 Å². The summed E-state index contributed by atoms with van der Waals surface area (Å²) in [6.45, 7) is 1.71. The number of hydrogen-bond donors (Lipinski definition) is 1. The van der Waals surface area contributed by atoms with Crippen molar-refractivity contribution in [2.45, 2.75) is 6.92 Å².